The average Bonchev–Trinajstić information content (AvgIpc) is 2.44. The first-order valence-electron chi connectivity index (χ1n) is 7.14. The molecule has 0 saturated heterocycles. The minimum absolute atomic E-state index is 0.286. The second-order valence-corrected chi connectivity index (χ2v) is 5.35. The lowest BCUT2D eigenvalue weighted by atomic mass is 9.99. The maximum Gasteiger partial charge on any atom is 0.119 e. The van der Waals surface area contributed by atoms with Gasteiger partial charge in [-0.05, 0) is 45.7 Å². The van der Waals surface area contributed by atoms with Crippen LogP contribution in [0.3, 0.4) is 0 Å². The third-order valence-corrected chi connectivity index (χ3v) is 3.15. The van der Waals surface area contributed by atoms with Crippen molar-refractivity contribution in [1.82, 2.24) is 0 Å². The van der Waals surface area contributed by atoms with Crippen molar-refractivity contribution in [3.63, 3.8) is 0 Å². The molecule has 0 aromatic heterocycles. The van der Waals surface area contributed by atoms with Crippen molar-refractivity contribution in [2.45, 2.75) is 39.2 Å². The Balaban J connectivity index is 2.29. The second kappa shape index (κ2) is 8.60. The molecule has 0 aliphatic heterocycles. The first-order chi connectivity index (χ1) is 9.56. The van der Waals surface area contributed by atoms with Crippen molar-refractivity contribution >= 4 is 0 Å². The molecule has 0 amide bonds. The Hall–Kier alpha value is -1.54. The number of hydrogen-bond donors (Lipinski definition) is 0. The monoisotopic (exact) mass is 274 g/mol. The van der Waals surface area contributed by atoms with Crippen LogP contribution in [-0.2, 0) is 4.74 Å². The van der Waals surface area contributed by atoms with E-state index in [2.05, 4.69) is 33.4 Å². The molecule has 2 heteroatoms. The van der Waals surface area contributed by atoms with Crippen LogP contribution in [0, 0.1) is 0 Å². The van der Waals surface area contributed by atoms with E-state index in [0.717, 1.165) is 18.6 Å². The summed E-state index contributed by atoms with van der Waals surface area (Å²) < 4.78 is 11.5. The molecule has 0 bridgehead atoms. The Kier molecular flexibility index (Phi) is 7.10. The minimum atomic E-state index is -0.286. The van der Waals surface area contributed by atoms with Crippen LogP contribution in [0.4, 0.5) is 0 Å². The van der Waals surface area contributed by atoms with Gasteiger partial charge < -0.3 is 9.47 Å². The Morgan fingerprint density at radius 1 is 1.20 bits per heavy atom. The van der Waals surface area contributed by atoms with Gasteiger partial charge in [0.05, 0.1) is 12.2 Å². The standard InChI is InChI=1S/C18H26O2/c1-5-18(4,13-9-10-16(2)3)20-15-14-19-17-11-7-6-8-12-17/h5-8,10-12H,1,9,13-15H2,2-4H3. The first kappa shape index (κ1) is 16.5. The predicted molar refractivity (Wildman–Crippen MR) is 85.2 cm³/mol. The summed E-state index contributed by atoms with van der Waals surface area (Å²) in [7, 11) is 0. The molecule has 110 valence electrons. The lowest BCUT2D eigenvalue weighted by Gasteiger charge is -2.26. The third-order valence-electron chi connectivity index (χ3n) is 3.15. The van der Waals surface area contributed by atoms with Crippen molar-refractivity contribution in [2.24, 2.45) is 0 Å². The van der Waals surface area contributed by atoms with Gasteiger partial charge in [0, 0.05) is 0 Å². The van der Waals surface area contributed by atoms with Gasteiger partial charge in [0.25, 0.3) is 0 Å². The van der Waals surface area contributed by atoms with E-state index in [1.165, 1.54) is 5.57 Å². The van der Waals surface area contributed by atoms with Crippen molar-refractivity contribution in [3.05, 3.63) is 54.6 Å². The lowest BCUT2D eigenvalue weighted by Crippen LogP contribution is -2.28. The molecule has 0 aliphatic carbocycles. The molecule has 1 unspecified atom stereocenters. The summed E-state index contributed by atoms with van der Waals surface area (Å²) in [5.41, 5.74) is 1.05. The van der Waals surface area contributed by atoms with Crippen molar-refractivity contribution in [1.29, 1.82) is 0 Å². The number of para-hydroxylation sites is 1. The van der Waals surface area contributed by atoms with E-state index in [4.69, 9.17) is 9.47 Å². The summed E-state index contributed by atoms with van der Waals surface area (Å²) in [4.78, 5) is 0. The van der Waals surface area contributed by atoms with Gasteiger partial charge in [-0.25, -0.2) is 0 Å². The number of benzene rings is 1. The summed E-state index contributed by atoms with van der Waals surface area (Å²) >= 11 is 0. The van der Waals surface area contributed by atoms with Gasteiger partial charge in [-0.2, -0.15) is 0 Å². The average molecular weight is 274 g/mol. The normalized spacial score (nSPS) is 13.3. The molecule has 20 heavy (non-hydrogen) atoms. The fourth-order valence-electron chi connectivity index (χ4n) is 1.83. The van der Waals surface area contributed by atoms with Gasteiger partial charge in [-0.1, -0.05) is 35.9 Å². The maximum atomic E-state index is 5.91. The molecule has 0 radical (unpaired) electrons. The quantitative estimate of drug-likeness (QED) is 0.477. The molecular formula is C18H26O2. The molecule has 2 nitrogen and oxygen atoms in total. The maximum absolute atomic E-state index is 5.91. The lowest BCUT2D eigenvalue weighted by molar-refractivity contribution is -0.0132. The summed E-state index contributed by atoms with van der Waals surface area (Å²) in [6.07, 6.45) is 6.05. The Morgan fingerprint density at radius 2 is 1.90 bits per heavy atom. The highest BCUT2D eigenvalue weighted by molar-refractivity contribution is 5.20. The van der Waals surface area contributed by atoms with Crippen LogP contribution in [0.2, 0.25) is 0 Å². The van der Waals surface area contributed by atoms with Crippen LogP contribution in [0.1, 0.15) is 33.6 Å². The molecule has 0 N–H and O–H groups in total. The van der Waals surface area contributed by atoms with Gasteiger partial charge in [-0.3, -0.25) is 0 Å². The molecule has 1 aromatic carbocycles. The zero-order valence-electron chi connectivity index (χ0n) is 12.9. The highest BCUT2D eigenvalue weighted by Crippen LogP contribution is 2.20. The first-order valence-corrected chi connectivity index (χ1v) is 7.14. The molecule has 0 heterocycles. The molecule has 0 spiro atoms. The van der Waals surface area contributed by atoms with Gasteiger partial charge in [0.1, 0.15) is 12.4 Å². The van der Waals surface area contributed by atoms with Crippen molar-refractivity contribution < 1.29 is 9.47 Å². The summed E-state index contributed by atoms with van der Waals surface area (Å²) in [6, 6.07) is 9.79. The molecule has 1 atom stereocenters. The van der Waals surface area contributed by atoms with E-state index < -0.39 is 0 Å². The zero-order valence-corrected chi connectivity index (χ0v) is 12.9. The Labute approximate surface area is 123 Å². The number of hydrogen-bond acceptors (Lipinski definition) is 2. The molecule has 1 aromatic rings. The summed E-state index contributed by atoms with van der Waals surface area (Å²) in [5, 5.41) is 0. The topological polar surface area (TPSA) is 18.5 Å². The highest BCUT2D eigenvalue weighted by Gasteiger charge is 2.19. The second-order valence-electron chi connectivity index (χ2n) is 5.35. The fourth-order valence-corrected chi connectivity index (χ4v) is 1.83. The SMILES string of the molecule is C=CC(C)(CCC=C(C)C)OCCOc1ccccc1. The molecule has 1 rings (SSSR count). The van der Waals surface area contributed by atoms with E-state index in [9.17, 15) is 0 Å². The Bertz CT molecular complexity index is 418. The van der Waals surface area contributed by atoms with Gasteiger partial charge in [0.15, 0.2) is 0 Å². The van der Waals surface area contributed by atoms with E-state index in [-0.39, 0.29) is 5.60 Å². The van der Waals surface area contributed by atoms with E-state index in [1.54, 1.807) is 0 Å². The predicted octanol–water partition coefficient (Wildman–Crippen LogP) is 4.77. The van der Waals surface area contributed by atoms with E-state index >= 15 is 0 Å². The smallest absolute Gasteiger partial charge is 0.119 e. The van der Waals surface area contributed by atoms with Crippen LogP contribution in [0.25, 0.3) is 0 Å². The van der Waals surface area contributed by atoms with Crippen LogP contribution in [-0.4, -0.2) is 18.8 Å². The largest absolute Gasteiger partial charge is 0.491 e. The number of ether oxygens (including phenoxy) is 2. The molecule has 0 fully saturated rings. The van der Waals surface area contributed by atoms with Crippen molar-refractivity contribution in [3.8, 4) is 5.75 Å². The fraction of sp³-hybridized carbons (Fsp3) is 0.444. The van der Waals surface area contributed by atoms with E-state index in [1.807, 2.05) is 36.4 Å². The third kappa shape index (κ3) is 6.58. The molecule has 0 saturated carbocycles. The van der Waals surface area contributed by atoms with Gasteiger partial charge in [-0.15, -0.1) is 6.58 Å². The van der Waals surface area contributed by atoms with Gasteiger partial charge in [0.2, 0.25) is 0 Å². The van der Waals surface area contributed by atoms with Crippen LogP contribution in [0.15, 0.2) is 54.6 Å². The van der Waals surface area contributed by atoms with Crippen LogP contribution in [0.5, 0.6) is 5.75 Å². The van der Waals surface area contributed by atoms with Crippen LogP contribution < -0.4 is 4.74 Å². The van der Waals surface area contributed by atoms with E-state index in [0.29, 0.717) is 13.2 Å². The summed E-state index contributed by atoms with van der Waals surface area (Å²) in [5.74, 6) is 0.876. The summed E-state index contributed by atoms with van der Waals surface area (Å²) in [6.45, 7) is 11.3. The Morgan fingerprint density at radius 3 is 2.50 bits per heavy atom. The van der Waals surface area contributed by atoms with Crippen LogP contribution >= 0.6 is 0 Å². The minimum Gasteiger partial charge on any atom is -0.491 e. The van der Waals surface area contributed by atoms with Crippen molar-refractivity contribution in [2.75, 3.05) is 13.2 Å². The number of allylic oxidation sites excluding steroid dienone is 2. The highest BCUT2D eigenvalue weighted by atomic mass is 16.5. The molecule has 0 aliphatic rings. The van der Waals surface area contributed by atoms with Gasteiger partial charge >= 0.3 is 0 Å². The zero-order chi connectivity index (χ0) is 14.8. The molecular weight excluding hydrogens is 248 g/mol. The number of rotatable bonds is 9.